The normalized spacial score (nSPS) is 20.7. The van der Waals surface area contributed by atoms with E-state index >= 15 is 0 Å². The minimum atomic E-state index is -0.643. The van der Waals surface area contributed by atoms with Gasteiger partial charge in [0.1, 0.15) is 11.5 Å². The molecule has 2 aromatic heterocycles. The van der Waals surface area contributed by atoms with Crippen molar-refractivity contribution in [2.24, 2.45) is 7.05 Å². The Morgan fingerprint density at radius 1 is 0.870 bits per heavy atom. The van der Waals surface area contributed by atoms with Gasteiger partial charge in [0.25, 0.3) is 11.8 Å². The smallest absolute Gasteiger partial charge is 0.272 e. The number of aliphatic hydroxyl groups is 1. The fourth-order valence-corrected chi connectivity index (χ4v) is 6.99. The molecule has 2 aromatic carbocycles. The fraction of sp³-hybridized carbons (Fsp3) is 0.400. The van der Waals surface area contributed by atoms with Gasteiger partial charge in [-0.3, -0.25) is 19.2 Å². The van der Waals surface area contributed by atoms with Crippen LogP contribution in [0.3, 0.4) is 0 Å². The van der Waals surface area contributed by atoms with E-state index in [1.165, 1.54) is 11.1 Å². The average Bonchev–Trinajstić information content (AvgIpc) is 3.54. The van der Waals surface area contributed by atoms with Gasteiger partial charge in [0.05, 0.1) is 17.9 Å². The van der Waals surface area contributed by atoms with E-state index in [1.807, 2.05) is 35.2 Å². The maximum absolute atomic E-state index is 13.9. The molecule has 2 saturated heterocycles. The number of hydrogen-bond donors (Lipinski definition) is 2. The molecule has 2 atom stereocenters. The van der Waals surface area contributed by atoms with Gasteiger partial charge >= 0.3 is 0 Å². The highest BCUT2D eigenvalue weighted by Crippen LogP contribution is 2.27. The first-order valence-corrected chi connectivity index (χ1v) is 16.2. The number of benzene rings is 2. The van der Waals surface area contributed by atoms with Gasteiger partial charge in [-0.25, -0.2) is 9.97 Å². The lowest BCUT2D eigenvalue weighted by Crippen LogP contribution is -2.56. The summed E-state index contributed by atoms with van der Waals surface area (Å²) >= 11 is 0. The molecule has 3 aliphatic heterocycles. The van der Waals surface area contributed by atoms with Crippen molar-refractivity contribution in [3.8, 4) is 11.4 Å². The average molecular weight is 621 g/mol. The molecule has 0 radical (unpaired) electrons. The molecular weight excluding hydrogens is 580 g/mol. The van der Waals surface area contributed by atoms with Crippen LogP contribution in [-0.2, 0) is 20.0 Å². The Hall–Kier alpha value is -4.61. The molecule has 46 heavy (non-hydrogen) atoms. The maximum Gasteiger partial charge on any atom is 0.272 e. The van der Waals surface area contributed by atoms with E-state index in [2.05, 4.69) is 39.6 Å². The second-order valence-electron chi connectivity index (χ2n) is 12.6. The molecule has 5 heterocycles. The van der Waals surface area contributed by atoms with Gasteiger partial charge in [0.2, 0.25) is 0 Å². The number of carbonyl (C=O) groups excluding carboxylic acids is 2. The summed E-state index contributed by atoms with van der Waals surface area (Å²) in [5.74, 6) is 0.835. The highest BCUT2D eigenvalue weighted by atomic mass is 16.3. The zero-order chi connectivity index (χ0) is 31.6. The fourth-order valence-electron chi connectivity index (χ4n) is 6.99. The summed E-state index contributed by atoms with van der Waals surface area (Å²) < 4.78 is 1.64. The molecule has 0 spiro atoms. The van der Waals surface area contributed by atoms with Crippen LogP contribution in [0.25, 0.3) is 11.4 Å². The van der Waals surface area contributed by atoms with Gasteiger partial charge < -0.3 is 20.2 Å². The summed E-state index contributed by atoms with van der Waals surface area (Å²) in [5.41, 5.74) is 4.42. The van der Waals surface area contributed by atoms with Crippen LogP contribution in [0.4, 0.5) is 5.82 Å². The Kier molecular flexibility index (Phi) is 8.51. The highest BCUT2D eigenvalue weighted by Gasteiger charge is 2.36. The number of aryl methyl sites for hydroxylation is 1. The number of aliphatic hydroxyl groups excluding tert-OH is 1. The molecule has 4 aromatic rings. The Morgan fingerprint density at radius 3 is 2.35 bits per heavy atom. The number of hydrogen-bond acceptors (Lipinski definition) is 8. The largest absolute Gasteiger partial charge is 0.390 e. The number of amides is 2. The number of rotatable bonds is 6. The standard InChI is InChI=1S/C35H40N8O3/c1-40-21-27(20-36-40)34(45)41-16-12-28(13-17-41)37-32-19-29(38-33(39-32)25-8-3-2-4-9-25)35(46)43-18-14-30(31(44)23-43)42-15-11-24-7-5-6-10-26(24)22-42/h2-10,19-21,28,30-31,44H,11-18,22-23H2,1H3,(H,37,38,39)/t30-,31-/m1/s1. The number of fused-ring (bicyclic) bond motifs is 1. The Labute approximate surface area is 268 Å². The van der Waals surface area contributed by atoms with E-state index < -0.39 is 6.10 Å². The van der Waals surface area contributed by atoms with Crippen LogP contribution in [-0.4, -0.2) is 102 Å². The van der Waals surface area contributed by atoms with Gasteiger partial charge in [0.15, 0.2) is 5.82 Å². The lowest BCUT2D eigenvalue weighted by atomic mass is 9.94. The minimum Gasteiger partial charge on any atom is -0.390 e. The van der Waals surface area contributed by atoms with E-state index in [4.69, 9.17) is 9.97 Å². The maximum atomic E-state index is 13.9. The molecule has 11 nitrogen and oxygen atoms in total. The summed E-state index contributed by atoms with van der Waals surface area (Å²) in [6.07, 6.45) is 5.88. The molecule has 2 N–H and O–H groups in total. The van der Waals surface area contributed by atoms with Crippen molar-refractivity contribution in [1.82, 2.24) is 34.4 Å². The summed E-state index contributed by atoms with van der Waals surface area (Å²) in [6, 6.07) is 20.0. The predicted octanol–water partition coefficient (Wildman–Crippen LogP) is 3.23. The SMILES string of the molecule is Cn1cc(C(=O)N2CCC(Nc3cc(C(=O)N4CC[C@@H](N5CCc6ccccc6C5)[C@H](O)C4)nc(-c4ccccc4)n3)CC2)cn1. The Bertz CT molecular complexity index is 1700. The summed E-state index contributed by atoms with van der Waals surface area (Å²) in [6.45, 7) is 3.77. The predicted molar refractivity (Wildman–Crippen MR) is 174 cm³/mol. The van der Waals surface area contributed by atoms with Gasteiger partial charge in [-0.15, -0.1) is 0 Å². The molecule has 0 unspecified atom stereocenters. The van der Waals surface area contributed by atoms with E-state index in [9.17, 15) is 14.7 Å². The van der Waals surface area contributed by atoms with Crippen molar-refractivity contribution < 1.29 is 14.7 Å². The number of aromatic nitrogens is 4. The Balaban J connectivity index is 1.04. The van der Waals surface area contributed by atoms with Crippen LogP contribution in [0.2, 0.25) is 0 Å². The van der Waals surface area contributed by atoms with Gasteiger partial charge in [-0.2, -0.15) is 5.10 Å². The lowest BCUT2D eigenvalue weighted by Gasteiger charge is -2.43. The van der Waals surface area contributed by atoms with Crippen molar-refractivity contribution in [3.63, 3.8) is 0 Å². The first-order valence-electron chi connectivity index (χ1n) is 16.2. The molecule has 7 rings (SSSR count). The van der Waals surface area contributed by atoms with Crippen LogP contribution in [0.5, 0.6) is 0 Å². The minimum absolute atomic E-state index is 0.0100. The van der Waals surface area contributed by atoms with Crippen LogP contribution < -0.4 is 5.32 Å². The monoisotopic (exact) mass is 620 g/mol. The van der Waals surface area contributed by atoms with Crippen LogP contribution in [0.1, 0.15) is 51.2 Å². The van der Waals surface area contributed by atoms with Crippen molar-refractivity contribution in [2.45, 2.75) is 50.4 Å². The van der Waals surface area contributed by atoms with E-state index in [-0.39, 0.29) is 30.4 Å². The highest BCUT2D eigenvalue weighted by molar-refractivity contribution is 5.94. The number of nitrogens with one attached hydrogen (secondary N) is 1. The lowest BCUT2D eigenvalue weighted by molar-refractivity contribution is -0.0139. The third kappa shape index (κ3) is 6.38. The number of likely N-dealkylation sites (tertiary alicyclic amines) is 2. The molecule has 3 aliphatic rings. The third-order valence-electron chi connectivity index (χ3n) is 9.53. The number of nitrogens with zero attached hydrogens (tertiary/aromatic N) is 7. The topological polar surface area (TPSA) is 120 Å². The molecule has 0 bridgehead atoms. The number of anilines is 1. The summed E-state index contributed by atoms with van der Waals surface area (Å²) in [5, 5.41) is 18.9. The van der Waals surface area contributed by atoms with E-state index in [1.54, 1.807) is 35.1 Å². The molecule has 2 fully saturated rings. The van der Waals surface area contributed by atoms with Gasteiger partial charge in [0, 0.05) is 76.2 Å². The Morgan fingerprint density at radius 2 is 1.61 bits per heavy atom. The number of carbonyl (C=O) groups is 2. The van der Waals surface area contributed by atoms with Crippen LogP contribution in [0.15, 0.2) is 73.1 Å². The summed E-state index contributed by atoms with van der Waals surface area (Å²) in [4.78, 5) is 42.3. The first-order chi connectivity index (χ1) is 22.4. The van der Waals surface area contributed by atoms with Crippen molar-refractivity contribution in [1.29, 1.82) is 0 Å². The zero-order valence-electron chi connectivity index (χ0n) is 26.1. The molecule has 2 amide bonds. The number of piperidine rings is 2. The van der Waals surface area contributed by atoms with Crippen LogP contribution >= 0.6 is 0 Å². The van der Waals surface area contributed by atoms with Crippen molar-refractivity contribution in [3.05, 3.63) is 95.4 Å². The van der Waals surface area contributed by atoms with E-state index in [0.29, 0.717) is 49.0 Å². The summed E-state index contributed by atoms with van der Waals surface area (Å²) in [7, 11) is 1.80. The van der Waals surface area contributed by atoms with E-state index in [0.717, 1.165) is 37.9 Å². The van der Waals surface area contributed by atoms with Gasteiger partial charge in [-0.1, -0.05) is 54.6 Å². The number of β-amino-alcohol motifs (C(OH)–C–C–N with tert-alkyl or cyclic N) is 1. The van der Waals surface area contributed by atoms with Gasteiger partial charge in [-0.05, 0) is 36.8 Å². The quantitative estimate of drug-likeness (QED) is 0.337. The molecule has 11 heteroatoms. The van der Waals surface area contributed by atoms with Crippen molar-refractivity contribution >= 4 is 17.6 Å². The third-order valence-corrected chi connectivity index (χ3v) is 9.53. The molecule has 238 valence electrons. The second kappa shape index (κ2) is 13.0. The molecular formula is C35H40N8O3. The van der Waals surface area contributed by atoms with Crippen LogP contribution in [0, 0.1) is 0 Å². The molecule has 0 saturated carbocycles. The second-order valence-corrected chi connectivity index (χ2v) is 12.6. The first kappa shape index (κ1) is 30.1. The van der Waals surface area contributed by atoms with Crippen molar-refractivity contribution in [2.75, 3.05) is 38.0 Å². The molecule has 0 aliphatic carbocycles. The zero-order valence-corrected chi connectivity index (χ0v) is 26.1.